The summed E-state index contributed by atoms with van der Waals surface area (Å²) in [7, 11) is 0. The molecule has 1 saturated heterocycles. The Morgan fingerprint density at radius 2 is 1.79 bits per heavy atom. The van der Waals surface area contributed by atoms with Crippen molar-refractivity contribution in [1.82, 2.24) is 19.5 Å². The second-order valence-corrected chi connectivity index (χ2v) is 10.9. The lowest BCUT2D eigenvalue weighted by Crippen LogP contribution is -2.36. The van der Waals surface area contributed by atoms with Crippen LogP contribution < -0.4 is 20.9 Å². The second-order valence-electron chi connectivity index (χ2n) is 10.9. The van der Waals surface area contributed by atoms with E-state index < -0.39 is 23.8 Å². The Bertz CT molecular complexity index is 1630. The highest BCUT2D eigenvalue weighted by molar-refractivity contribution is 6.05. The average molecular weight is 593 g/mol. The second kappa shape index (κ2) is 11.6. The minimum atomic E-state index is -4.62. The summed E-state index contributed by atoms with van der Waals surface area (Å²) in [4.78, 5) is 28.1. The van der Waals surface area contributed by atoms with Gasteiger partial charge in [0.15, 0.2) is 0 Å². The SMILES string of the molecule is Cc1ccc(NC(=O)c2cc(N3CCC(O)CC3)cc(C(F)(F)F)c2)cc1Nc1nccn1-c1cc(NC2CC2)ncn1. The number of aliphatic hydroxyl groups excluding tert-OH is 1. The molecule has 2 fully saturated rings. The summed E-state index contributed by atoms with van der Waals surface area (Å²) in [6.45, 7) is 2.69. The summed E-state index contributed by atoms with van der Waals surface area (Å²) in [6, 6.07) is 10.8. The molecule has 0 unspecified atom stereocenters. The van der Waals surface area contributed by atoms with E-state index in [1.807, 2.05) is 13.0 Å². The van der Waals surface area contributed by atoms with E-state index in [0.29, 0.717) is 60.8 Å². The molecule has 1 aliphatic heterocycles. The number of piperidine rings is 1. The first kappa shape index (κ1) is 28.5. The van der Waals surface area contributed by atoms with E-state index in [1.165, 1.54) is 12.4 Å². The standard InChI is InChI=1S/C30H31F3N8O2/c1-18-2-3-22(15-25(18)39-29-34-8-11-41(29)27-16-26(35-17-36-27)37-21-4-5-21)38-28(43)19-12-20(30(31,32)33)14-23(13-19)40-9-6-24(42)7-10-40/h2-3,8,11-17,21,24,42H,4-7,9-10H2,1H3,(H,34,39)(H,38,43)(H,35,36,37). The van der Waals surface area contributed by atoms with Crippen LogP contribution in [0.2, 0.25) is 0 Å². The molecule has 13 heteroatoms. The number of aromatic nitrogens is 4. The number of carbonyl (C=O) groups is 1. The normalized spacial score (nSPS) is 15.8. The van der Waals surface area contributed by atoms with Gasteiger partial charge in [-0.15, -0.1) is 0 Å². The fraction of sp³-hybridized carbons (Fsp3) is 0.333. The van der Waals surface area contributed by atoms with Crippen molar-refractivity contribution in [3.8, 4) is 5.82 Å². The van der Waals surface area contributed by atoms with Gasteiger partial charge in [-0.2, -0.15) is 13.2 Å². The van der Waals surface area contributed by atoms with Gasteiger partial charge in [0.05, 0.1) is 11.7 Å². The van der Waals surface area contributed by atoms with E-state index in [2.05, 4.69) is 30.9 Å². The van der Waals surface area contributed by atoms with E-state index in [9.17, 15) is 23.1 Å². The molecule has 1 aliphatic carbocycles. The molecule has 0 bridgehead atoms. The van der Waals surface area contributed by atoms with Crippen molar-refractivity contribution in [2.24, 2.45) is 0 Å². The van der Waals surface area contributed by atoms with Crippen LogP contribution in [0.25, 0.3) is 5.82 Å². The van der Waals surface area contributed by atoms with Crippen LogP contribution in [0.1, 0.15) is 47.2 Å². The van der Waals surface area contributed by atoms with Crippen molar-refractivity contribution < 1.29 is 23.1 Å². The molecule has 3 heterocycles. The smallest absolute Gasteiger partial charge is 0.393 e. The summed E-state index contributed by atoms with van der Waals surface area (Å²) in [5.41, 5.74) is 1.19. The molecule has 0 atom stereocenters. The van der Waals surface area contributed by atoms with Gasteiger partial charge in [0.1, 0.15) is 18.0 Å². The van der Waals surface area contributed by atoms with E-state index in [-0.39, 0.29) is 5.56 Å². The summed E-state index contributed by atoms with van der Waals surface area (Å²) < 4.78 is 43.1. The van der Waals surface area contributed by atoms with Crippen molar-refractivity contribution >= 4 is 34.7 Å². The van der Waals surface area contributed by atoms with Crippen LogP contribution in [0, 0.1) is 6.92 Å². The first-order valence-electron chi connectivity index (χ1n) is 14.1. The first-order valence-corrected chi connectivity index (χ1v) is 14.1. The number of amides is 1. The molecule has 224 valence electrons. The highest BCUT2D eigenvalue weighted by Gasteiger charge is 2.33. The lowest BCUT2D eigenvalue weighted by molar-refractivity contribution is -0.137. The Labute approximate surface area is 246 Å². The van der Waals surface area contributed by atoms with Gasteiger partial charge in [0.25, 0.3) is 5.91 Å². The van der Waals surface area contributed by atoms with Gasteiger partial charge in [0, 0.05) is 60.2 Å². The van der Waals surface area contributed by atoms with Crippen LogP contribution in [0.15, 0.2) is 61.2 Å². The summed E-state index contributed by atoms with van der Waals surface area (Å²) in [5.74, 6) is 1.15. The van der Waals surface area contributed by atoms with Crippen LogP contribution >= 0.6 is 0 Å². The maximum absolute atomic E-state index is 13.8. The summed E-state index contributed by atoms with van der Waals surface area (Å²) >= 11 is 0. The molecule has 0 radical (unpaired) electrons. The van der Waals surface area contributed by atoms with Crippen LogP contribution in [-0.4, -0.2) is 55.8 Å². The Morgan fingerprint density at radius 3 is 2.53 bits per heavy atom. The number of aliphatic hydroxyl groups is 1. The predicted molar refractivity (Wildman–Crippen MR) is 157 cm³/mol. The summed E-state index contributed by atoms with van der Waals surface area (Å²) in [5, 5.41) is 19.2. The number of aryl methyl sites for hydroxylation is 1. The average Bonchev–Trinajstić information content (AvgIpc) is 3.68. The van der Waals surface area contributed by atoms with Crippen molar-refractivity contribution in [2.75, 3.05) is 33.9 Å². The molecule has 2 aromatic heterocycles. The van der Waals surface area contributed by atoms with E-state index in [0.717, 1.165) is 36.4 Å². The van der Waals surface area contributed by atoms with E-state index in [4.69, 9.17) is 0 Å². The molecule has 1 saturated carbocycles. The number of rotatable bonds is 8. The maximum Gasteiger partial charge on any atom is 0.416 e. The third kappa shape index (κ3) is 6.72. The van der Waals surface area contributed by atoms with Gasteiger partial charge >= 0.3 is 6.18 Å². The Kier molecular flexibility index (Phi) is 7.65. The van der Waals surface area contributed by atoms with Gasteiger partial charge in [-0.1, -0.05) is 6.07 Å². The molecular formula is C30H31F3N8O2. The number of nitrogens with zero attached hydrogens (tertiary/aromatic N) is 5. The van der Waals surface area contributed by atoms with E-state index in [1.54, 1.807) is 40.1 Å². The number of carbonyl (C=O) groups excluding carboxylic acids is 1. The molecule has 1 amide bonds. The quantitative estimate of drug-likeness (QED) is 0.211. The largest absolute Gasteiger partial charge is 0.416 e. The minimum Gasteiger partial charge on any atom is -0.393 e. The predicted octanol–water partition coefficient (Wildman–Crippen LogP) is 5.52. The molecule has 4 N–H and O–H groups in total. The van der Waals surface area contributed by atoms with Crippen LogP contribution in [0.5, 0.6) is 0 Å². The fourth-order valence-electron chi connectivity index (χ4n) is 4.95. The fourth-order valence-corrected chi connectivity index (χ4v) is 4.95. The lowest BCUT2D eigenvalue weighted by atomic mass is 10.0. The van der Waals surface area contributed by atoms with Gasteiger partial charge in [-0.25, -0.2) is 15.0 Å². The number of halogens is 3. The molecular weight excluding hydrogens is 561 g/mol. The molecule has 43 heavy (non-hydrogen) atoms. The van der Waals surface area contributed by atoms with E-state index >= 15 is 0 Å². The highest BCUT2D eigenvalue weighted by atomic mass is 19.4. The monoisotopic (exact) mass is 592 g/mol. The number of hydrogen-bond acceptors (Lipinski definition) is 8. The number of anilines is 5. The lowest BCUT2D eigenvalue weighted by Gasteiger charge is -2.32. The third-order valence-corrected chi connectivity index (χ3v) is 7.55. The molecule has 10 nitrogen and oxygen atoms in total. The molecule has 2 aromatic carbocycles. The zero-order chi connectivity index (χ0) is 30.1. The first-order chi connectivity index (χ1) is 20.6. The van der Waals surface area contributed by atoms with Gasteiger partial charge < -0.3 is 26.0 Å². The summed E-state index contributed by atoms with van der Waals surface area (Å²) in [6.07, 6.45) is 2.91. The molecule has 4 aromatic rings. The number of nitrogens with one attached hydrogen (secondary N) is 3. The topological polar surface area (TPSA) is 120 Å². The third-order valence-electron chi connectivity index (χ3n) is 7.55. The number of hydrogen-bond donors (Lipinski definition) is 4. The number of imidazole rings is 1. The van der Waals surface area contributed by atoms with Crippen molar-refractivity contribution in [1.29, 1.82) is 0 Å². The number of benzene rings is 2. The van der Waals surface area contributed by atoms with Crippen LogP contribution in [0.4, 0.5) is 42.0 Å². The van der Waals surface area contributed by atoms with Crippen molar-refractivity contribution in [2.45, 2.75) is 50.9 Å². The number of alkyl halides is 3. The zero-order valence-electron chi connectivity index (χ0n) is 23.4. The minimum absolute atomic E-state index is 0.110. The molecule has 2 aliphatic rings. The molecule has 0 spiro atoms. The van der Waals surface area contributed by atoms with Gasteiger partial charge in [0.2, 0.25) is 5.95 Å². The van der Waals surface area contributed by atoms with Gasteiger partial charge in [-0.3, -0.25) is 9.36 Å². The Hall–Kier alpha value is -4.65. The van der Waals surface area contributed by atoms with Gasteiger partial charge in [-0.05, 0) is 68.5 Å². The van der Waals surface area contributed by atoms with Crippen molar-refractivity contribution in [3.63, 3.8) is 0 Å². The maximum atomic E-state index is 13.8. The van der Waals surface area contributed by atoms with Crippen LogP contribution in [0.3, 0.4) is 0 Å². The zero-order valence-corrected chi connectivity index (χ0v) is 23.4. The Morgan fingerprint density at radius 1 is 1.00 bits per heavy atom. The Balaban J connectivity index is 1.22. The van der Waals surface area contributed by atoms with Crippen LogP contribution in [-0.2, 0) is 6.18 Å². The highest BCUT2D eigenvalue weighted by Crippen LogP contribution is 2.34. The molecule has 6 rings (SSSR count). The van der Waals surface area contributed by atoms with Crippen molar-refractivity contribution in [3.05, 3.63) is 77.9 Å².